The molecule has 6 heteroatoms. The molecule has 0 unspecified atom stereocenters. The lowest BCUT2D eigenvalue weighted by Gasteiger charge is -2.23. The molecule has 2 aromatic rings. The normalized spacial score (nSPS) is 10.7. The van der Waals surface area contributed by atoms with Crippen LogP contribution in [-0.2, 0) is 6.54 Å². The molecule has 0 radical (unpaired) electrons. The van der Waals surface area contributed by atoms with Crippen LogP contribution in [0.25, 0.3) is 0 Å². The molecule has 1 heterocycles. The highest BCUT2D eigenvalue weighted by molar-refractivity contribution is 5.94. The lowest BCUT2D eigenvalue weighted by molar-refractivity contribution is 0.0535. The first kappa shape index (κ1) is 16.9. The summed E-state index contributed by atoms with van der Waals surface area (Å²) in [7, 11) is 3.61. The van der Waals surface area contributed by atoms with Gasteiger partial charge in [0.2, 0.25) is 0 Å². The van der Waals surface area contributed by atoms with Crippen molar-refractivity contribution in [3.05, 3.63) is 59.8 Å². The minimum Gasteiger partial charge on any atom is -0.363 e. The Bertz CT molecular complexity index is 647. The van der Waals surface area contributed by atoms with Crippen LogP contribution in [0.2, 0.25) is 0 Å². The van der Waals surface area contributed by atoms with Crippen molar-refractivity contribution >= 4 is 11.7 Å². The van der Waals surface area contributed by atoms with E-state index in [1.54, 1.807) is 31.1 Å². The molecule has 4 nitrogen and oxygen atoms in total. The summed E-state index contributed by atoms with van der Waals surface area (Å²) in [6, 6.07) is 12.2. The zero-order chi connectivity index (χ0) is 16.8. The van der Waals surface area contributed by atoms with Gasteiger partial charge in [0, 0.05) is 32.4 Å². The summed E-state index contributed by atoms with van der Waals surface area (Å²) in [5.41, 5.74) is 1.16. The molecule has 0 aliphatic rings. The molecule has 122 valence electrons. The number of alkyl halides is 2. The van der Waals surface area contributed by atoms with Crippen molar-refractivity contribution in [3.8, 4) is 0 Å². The van der Waals surface area contributed by atoms with Crippen molar-refractivity contribution < 1.29 is 13.6 Å². The lowest BCUT2D eigenvalue weighted by Crippen LogP contribution is -2.34. The average molecular weight is 319 g/mol. The molecule has 1 amide bonds. The number of carbonyl (C=O) groups is 1. The fraction of sp³-hybridized carbons (Fsp3) is 0.294. The molecule has 23 heavy (non-hydrogen) atoms. The number of hydrogen-bond donors (Lipinski definition) is 0. The van der Waals surface area contributed by atoms with Crippen molar-refractivity contribution in [2.45, 2.75) is 13.0 Å². The Morgan fingerprint density at radius 2 is 1.87 bits per heavy atom. The molecule has 0 fully saturated rings. The Morgan fingerprint density at radius 1 is 1.17 bits per heavy atom. The van der Waals surface area contributed by atoms with E-state index in [9.17, 15) is 13.6 Å². The quantitative estimate of drug-likeness (QED) is 0.821. The van der Waals surface area contributed by atoms with Crippen LogP contribution in [-0.4, -0.2) is 42.9 Å². The third-order valence-electron chi connectivity index (χ3n) is 3.31. The van der Waals surface area contributed by atoms with Crippen LogP contribution in [0.4, 0.5) is 14.6 Å². The molecular formula is C17H19F2N3O. The zero-order valence-electron chi connectivity index (χ0n) is 13.1. The van der Waals surface area contributed by atoms with Crippen LogP contribution < -0.4 is 4.90 Å². The zero-order valence-corrected chi connectivity index (χ0v) is 13.1. The second-order valence-corrected chi connectivity index (χ2v) is 5.36. The maximum absolute atomic E-state index is 12.9. The number of nitrogens with zero attached hydrogens (tertiary/aromatic N) is 3. The molecule has 1 aromatic carbocycles. The van der Waals surface area contributed by atoms with E-state index in [4.69, 9.17) is 0 Å². The summed E-state index contributed by atoms with van der Waals surface area (Å²) in [4.78, 5) is 19.7. The Balaban J connectivity index is 2.24. The van der Waals surface area contributed by atoms with Gasteiger partial charge < -0.3 is 9.80 Å². The Kier molecular flexibility index (Phi) is 5.62. The van der Waals surface area contributed by atoms with E-state index in [-0.39, 0.29) is 6.54 Å². The van der Waals surface area contributed by atoms with Crippen molar-refractivity contribution in [2.24, 2.45) is 0 Å². The first-order valence-electron chi connectivity index (χ1n) is 7.22. The lowest BCUT2D eigenvalue weighted by atomic mass is 10.1. The highest BCUT2D eigenvalue weighted by Gasteiger charge is 2.20. The topological polar surface area (TPSA) is 36.4 Å². The van der Waals surface area contributed by atoms with Crippen molar-refractivity contribution in [2.75, 3.05) is 25.5 Å². The summed E-state index contributed by atoms with van der Waals surface area (Å²) in [5.74, 6) is 0.173. The number of carbonyl (C=O) groups excluding carboxylic acids is 1. The largest absolute Gasteiger partial charge is 0.363 e. The first-order chi connectivity index (χ1) is 11.0. The van der Waals surface area contributed by atoms with E-state index in [2.05, 4.69) is 4.98 Å². The number of hydrogen-bond acceptors (Lipinski definition) is 3. The fourth-order valence-electron chi connectivity index (χ4n) is 2.17. The molecule has 0 saturated heterocycles. The molecule has 0 spiro atoms. The van der Waals surface area contributed by atoms with Gasteiger partial charge in [-0.05, 0) is 17.7 Å². The van der Waals surface area contributed by atoms with E-state index in [1.807, 2.05) is 30.3 Å². The maximum atomic E-state index is 12.9. The number of rotatable bonds is 6. The van der Waals surface area contributed by atoms with Gasteiger partial charge in [-0.1, -0.05) is 30.3 Å². The molecule has 1 aromatic heterocycles. The first-order valence-corrected chi connectivity index (χ1v) is 7.22. The number of anilines is 1. The van der Waals surface area contributed by atoms with Gasteiger partial charge in [0.05, 0.1) is 6.54 Å². The maximum Gasteiger partial charge on any atom is 0.255 e. The van der Waals surface area contributed by atoms with Crippen LogP contribution in [0.5, 0.6) is 0 Å². The third-order valence-corrected chi connectivity index (χ3v) is 3.31. The SMILES string of the molecule is CN(C)c1cc(C(=O)N(Cc2ccccc2)CC(F)F)ccn1. The summed E-state index contributed by atoms with van der Waals surface area (Å²) in [6.45, 7) is -0.461. The molecular weight excluding hydrogens is 300 g/mol. The van der Waals surface area contributed by atoms with Gasteiger partial charge >= 0.3 is 0 Å². The highest BCUT2D eigenvalue weighted by Crippen LogP contribution is 2.15. The Hall–Kier alpha value is -2.50. The molecule has 0 atom stereocenters. The third kappa shape index (κ3) is 4.74. The summed E-state index contributed by atoms with van der Waals surface area (Å²) < 4.78 is 25.7. The van der Waals surface area contributed by atoms with Crippen molar-refractivity contribution in [1.29, 1.82) is 0 Å². The minimum absolute atomic E-state index is 0.142. The number of aromatic nitrogens is 1. The van der Waals surface area contributed by atoms with Gasteiger partial charge in [-0.3, -0.25) is 4.79 Å². The number of pyridine rings is 1. The van der Waals surface area contributed by atoms with Gasteiger partial charge in [-0.2, -0.15) is 0 Å². The minimum atomic E-state index is -2.59. The van der Waals surface area contributed by atoms with Crippen LogP contribution in [0.15, 0.2) is 48.7 Å². The molecule has 0 bridgehead atoms. The van der Waals surface area contributed by atoms with E-state index < -0.39 is 18.9 Å². The van der Waals surface area contributed by atoms with Crippen molar-refractivity contribution in [3.63, 3.8) is 0 Å². The molecule has 2 rings (SSSR count). The monoisotopic (exact) mass is 319 g/mol. The van der Waals surface area contributed by atoms with Crippen LogP contribution in [0, 0.1) is 0 Å². The Labute approximate surface area is 134 Å². The van der Waals surface area contributed by atoms with E-state index in [0.29, 0.717) is 11.4 Å². The van der Waals surface area contributed by atoms with Crippen LogP contribution in [0.3, 0.4) is 0 Å². The molecule has 0 aliphatic carbocycles. The van der Waals surface area contributed by atoms with Crippen molar-refractivity contribution in [1.82, 2.24) is 9.88 Å². The van der Waals surface area contributed by atoms with Gasteiger partial charge in [0.15, 0.2) is 0 Å². The van der Waals surface area contributed by atoms with Gasteiger partial charge in [-0.15, -0.1) is 0 Å². The standard InChI is InChI=1S/C17H19F2N3O/c1-21(2)16-10-14(8-9-20-16)17(23)22(12-15(18)19)11-13-6-4-3-5-7-13/h3-10,15H,11-12H2,1-2H3. The Morgan fingerprint density at radius 3 is 2.48 bits per heavy atom. The summed E-state index contributed by atoms with van der Waals surface area (Å²) in [5, 5.41) is 0. The summed E-state index contributed by atoms with van der Waals surface area (Å²) >= 11 is 0. The molecule has 0 N–H and O–H groups in total. The number of benzene rings is 1. The van der Waals surface area contributed by atoms with E-state index >= 15 is 0 Å². The summed E-state index contributed by atoms with van der Waals surface area (Å²) in [6.07, 6.45) is -1.08. The molecule has 0 saturated carbocycles. The molecule has 0 aliphatic heterocycles. The smallest absolute Gasteiger partial charge is 0.255 e. The second kappa shape index (κ2) is 7.67. The number of amides is 1. The van der Waals surface area contributed by atoms with Gasteiger partial charge in [-0.25, -0.2) is 13.8 Å². The predicted molar refractivity (Wildman–Crippen MR) is 85.8 cm³/mol. The second-order valence-electron chi connectivity index (χ2n) is 5.36. The van der Waals surface area contributed by atoms with Gasteiger partial charge in [0.1, 0.15) is 5.82 Å². The predicted octanol–water partition coefficient (Wildman–Crippen LogP) is 3.06. The van der Waals surface area contributed by atoms with Crippen LogP contribution >= 0.6 is 0 Å². The van der Waals surface area contributed by atoms with Crippen LogP contribution in [0.1, 0.15) is 15.9 Å². The van der Waals surface area contributed by atoms with Gasteiger partial charge in [0.25, 0.3) is 12.3 Å². The van der Waals surface area contributed by atoms with E-state index in [1.165, 1.54) is 6.20 Å². The van der Waals surface area contributed by atoms with E-state index in [0.717, 1.165) is 10.5 Å². The number of halogens is 2. The fourth-order valence-corrected chi connectivity index (χ4v) is 2.17. The average Bonchev–Trinajstić information content (AvgIpc) is 2.54. The highest BCUT2D eigenvalue weighted by atomic mass is 19.3.